The van der Waals surface area contributed by atoms with Gasteiger partial charge in [-0.05, 0) is 35.9 Å². The molecule has 0 aliphatic rings. The van der Waals surface area contributed by atoms with Gasteiger partial charge in [-0.25, -0.2) is 0 Å². The number of rotatable bonds is 4. The van der Waals surface area contributed by atoms with Crippen molar-refractivity contribution in [3.8, 4) is 5.75 Å². The summed E-state index contributed by atoms with van der Waals surface area (Å²) in [6, 6.07) is 12.2. The van der Waals surface area contributed by atoms with E-state index in [0.717, 1.165) is 5.56 Å². The van der Waals surface area contributed by atoms with Crippen molar-refractivity contribution in [2.45, 2.75) is 6.54 Å². The van der Waals surface area contributed by atoms with Crippen LogP contribution in [0.1, 0.15) is 15.9 Å². The van der Waals surface area contributed by atoms with Crippen molar-refractivity contribution < 1.29 is 9.53 Å². The third-order valence-electron chi connectivity index (χ3n) is 2.84. The van der Waals surface area contributed by atoms with E-state index in [-0.39, 0.29) is 5.91 Å². The zero-order valence-electron chi connectivity index (χ0n) is 11.0. The van der Waals surface area contributed by atoms with Crippen LogP contribution in [0.3, 0.4) is 0 Å². The first-order valence-corrected chi connectivity index (χ1v) is 6.44. The lowest BCUT2D eigenvalue weighted by atomic mass is 10.1. The summed E-state index contributed by atoms with van der Waals surface area (Å²) in [5, 5.41) is 3.35. The Hall–Kier alpha value is -2.20. The molecule has 2 aromatic carbocycles. The SMILES string of the molecule is COc1cc(Cl)ccc1C(=O)NCc1ccc(N)cc1. The molecular formula is C15H15ClN2O2. The highest BCUT2D eigenvalue weighted by molar-refractivity contribution is 6.30. The second-order valence-corrected chi connectivity index (χ2v) is 4.71. The van der Waals surface area contributed by atoms with E-state index in [1.165, 1.54) is 7.11 Å². The molecule has 2 rings (SSSR count). The van der Waals surface area contributed by atoms with Crippen molar-refractivity contribution in [1.29, 1.82) is 0 Å². The van der Waals surface area contributed by atoms with Crippen molar-refractivity contribution in [3.63, 3.8) is 0 Å². The molecule has 0 heterocycles. The normalized spacial score (nSPS) is 10.1. The molecule has 0 aliphatic heterocycles. The first-order valence-electron chi connectivity index (χ1n) is 6.06. The van der Waals surface area contributed by atoms with Crippen LogP contribution in [0.25, 0.3) is 0 Å². The number of nitrogens with one attached hydrogen (secondary N) is 1. The zero-order valence-corrected chi connectivity index (χ0v) is 11.8. The minimum Gasteiger partial charge on any atom is -0.496 e. The fraction of sp³-hybridized carbons (Fsp3) is 0.133. The molecule has 1 amide bonds. The van der Waals surface area contributed by atoms with Gasteiger partial charge in [-0.15, -0.1) is 0 Å². The third kappa shape index (κ3) is 3.42. The smallest absolute Gasteiger partial charge is 0.255 e. The lowest BCUT2D eigenvalue weighted by molar-refractivity contribution is 0.0948. The average molecular weight is 291 g/mol. The van der Waals surface area contributed by atoms with Crippen LogP contribution in [0, 0.1) is 0 Å². The van der Waals surface area contributed by atoms with Gasteiger partial charge in [0.2, 0.25) is 0 Å². The lowest BCUT2D eigenvalue weighted by Crippen LogP contribution is -2.23. The van der Waals surface area contributed by atoms with Crippen LogP contribution >= 0.6 is 11.6 Å². The third-order valence-corrected chi connectivity index (χ3v) is 3.08. The van der Waals surface area contributed by atoms with E-state index in [4.69, 9.17) is 22.1 Å². The van der Waals surface area contributed by atoms with E-state index < -0.39 is 0 Å². The van der Waals surface area contributed by atoms with Gasteiger partial charge in [0.25, 0.3) is 5.91 Å². The maximum atomic E-state index is 12.1. The molecule has 0 fully saturated rings. The van der Waals surface area contributed by atoms with E-state index in [2.05, 4.69) is 5.32 Å². The molecule has 0 atom stereocenters. The second kappa shape index (κ2) is 6.30. The molecule has 0 saturated carbocycles. The Bertz CT molecular complexity index is 612. The van der Waals surface area contributed by atoms with Crippen molar-refractivity contribution in [2.75, 3.05) is 12.8 Å². The molecule has 0 saturated heterocycles. The van der Waals surface area contributed by atoms with Crippen molar-refractivity contribution in [3.05, 3.63) is 58.6 Å². The first-order chi connectivity index (χ1) is 9.60. The number of hydrogen-bond donors (Lipinski definition) is 2. The highest BCUT2D eigenvalue weighted by atomic mass is 35.5. The molecule has 20 heavy (non-hydrogen) atoms. The molecule has 2 aromatic rings. The first kappa shape index (κ1) is 14.2. The second-order valence-electron chi connectivity index (χ2n) is 4.27. The van der Waals surface area contributed by atoms with Crippen LogP contribution < -0.4 is 15.8 Å². The predicted molar refractivity (Wildman–Crippen MR) is 80.0 cm³/mol. The fourth-order valence-corrected chi connectivity index (χ4v) is 1.93. The summed E-state index contributed by atoms with van der Waals surface area (Å²) in [7, 11) is 1.50. The van der Waals surface area contributed by atoms with Gasteiger partial charge in [0.1, 0.15) is 5.75 Å². The van der Waals surface area contributed by atoms with Gasteiger partial charge in [0.05, 0.1) is 12.7 Å². The Balaban J connectivity index is 2.07. The molecule has 4 nitrogen and oxygen atoms in total. The van der Waals surface area contributed by atoms with Crippen LogP contribution in [-0.4, -0.2) is 13.0 Å². The van der Waals surface area contributed by atoms with Gasteiger partial charge in [0, 0.05) is 17.3 Å². The number of hydrogen-bond acceptors (Lipinski definition) is 3. The number of benzene rings is 2. The van der Waals surface area contributed by atoms with Crippen LogP contribution in [0.4, 0.5) is 5.69 Å². The maximum Gasteiger partial charge on any atom is 0.255 e. The summed E-state index contributed by atoms with van der Waals surface area (Å²) in [6.45, 7) is 0.422. The lowest BCUT2D eigenvalue weighted by Gasteiger charge is -2.10. The Morgan fingerprint density at radius 3 is 2.60 bits per heavy atom. The van der Waals surface area contributed by atoms with E-state index in [0.29, 0.717) is 28.6 Å². The molecule has 3 N–H and O–H groups in total. The number of ether oxygens (including phenoxy) is 1. The molecule has 104 valence electrons. The Kier molecular flexibility index (Phi) is 4.48. The molecule has 0 aromatic heterocycles. The number of methoxy groups -OCH3 is 1. The quantitative estimate of drug-likeness (QED) is 0.851. The van der Waals surface area contributed by atoms with Gasteiger partial charge >= 0.3 is 0 Å². The zero-order chi connectivity index (χ0) is 14.5. The number of anilines is 1. The van der Waals surface area contributed by atoms with Gasteiger partial charge in [-0.2, -0.15) is 0 Å². The number of nitrogen functional groups attached to an aromatic ring is 1. The van der Waals surface area contributed by atoms with E-state index in [1.807, 2.05) is 12.1 Å². The number of nitrogens with two attached hydrogens (primary N) is 1. The van der Waals surface area contributed by atoms with Gasteiger partial charge in [0.15, 0.2) is 0 Å². The molecule has 5 heteroatoms. The van der Waals surface area contributed by atoms with Crippen molar-refractivity contribution in [2.24, 2.45) is 0 Å². The molecule has 0 spiro atoms. The van der Waals surface area contributed by atoms with Crippen molar-refractivity contribution in [1.82, 2.24) is 5.32 Å². The Morgan fingerprint density at radius 1 is 1.25 bits per heavy atom. The predicted octanol–water partition coefficient (Wildman–Crippen LogP) is 2.86. The average Bonchev–Trinajstić information content (AvgIpc) is 2.46. The molecule has 0 aliphatic carbocycles. The van der Waals surface area contributed by atoms with Crippen LogP contribution in [0.2, 0.25) is 5.02 Å². The van der Waals surface area contributed by atoms with E-state index in [9.17, 15) is 4.79 Å². The standard InChI is InChI=1S/C15H15ClN2O2/c1-20-14-8-11(16)4-7-13(14)15(19)18-9-10-2-5-12(17)6-3-10/h2-8H,9,17H2,1H3,(H,18,19). The molecular weight excluding hydrogens is 276 g/mol. The highest BCUT2D eigenvalue weighted by Gasteiger charge is 2.12. The number of amides is 1. The van der Waals surface area contributed by atoms with Crippen molar-refractivity contribution >= 4 is 23.2 Å². The van der Waals surface area contributed by atoms with Gasteiger partial charge < -0.3 is 15.8 Å². The summed E-state index contributed by atoms with van der Waals surface area (Å²) < 4.78 is 5.15. The van der Waals surface area contributed by atoms with Gasteiger partial charge in [-0.3, -0.25) is 4.79 Å². The Labute approximate surface area is 122 Å². The monoisotopic (exact) mass is 290 g/mol. The number of halogens is 1. The number of carbonyl (C=O) groups excluding carboxylic acids is 1. The molecule has 0 bridgehead atoms. The van der Waals surface area contributed by atoms with E-state index >= 15 is 0 Å². The van der Waals surface area contributed by atoms with E-state index in [1.54, 1.807) is 30.3 Å². The summed E-state index contributed by atoms with van der Waals surface area (Å²) in [5.74, 6) is 0.239. The summed E-state index contributed by atoms with van der Waals surface area (Å²) in [6.07, 6.45) is 0. The molecule has 0 unspecified atom stereocenters. The Morgan fingerprint density at radius 2 is 1.95 bits per heavy atom. The maximum absolute atomic E-state index is 12.1. The highest BCUT2D eigenvalue weighted by Crippen LogP contribution is 2.23. The topological polar surface area (TPSA) is 64.3 Å². The molecule has 0 radical (unpaired) electrons. The van der Waals surface area contributed by atoms with Crippen LogP contribution in [0.15, 0.2) is 42.5 Å². The summed E-state index contributed by atoms with van der Waals surface area (Å²) >= 11 is 5.86. The minimum atomic E-state index is -0.213. The van der Waals surface area contributed by atoms with Gasteiger partial charge in [-0.1, -0.05) is 23.7 Å². The summed E-state index contributed by atoms with van der Waals surface area (Å²) in [4.78, 5) is 12.1. The van der Waals surface area contributed by atoms with Crippen LogP contribution in [0.5, 0.6) is 5.75 Å². The number of carbonyl (C=O) groups is 1. The minimum absolute atomic E-state index is 0.213. The summed E-state index contributed by atoms with van der Waals surface area (Å²) in [5.41, 5.74) is 7.73. The van der Waals surface area contributed by atoms with Crippen LogP contribution in [-0.2, 0) is 6.54 Å². The largest absolute Gasteiger partial charge is 0.496 e. The fourth-order valence-electron chi connectivity index (χ4n) is 1.77.